The predicted molar refractivity (Wildman–Crippen MR) is 58.6 cm³/mol. The second-order valence-electron chi connectivity index (χ2n) is 2.88. The Hall–Kier alpha value is -2.15. The lowest BCUT2D eigenvalue weighted by molar-refractivity contribution is 0.0958. The molecular weight excluding hydrogens is 192 g/mol. The van der Waals surface area contributed by atoms with Crippen molar-refractivity contribution in [2.45, 2.75) is 0 Å². The molecule has 0 aliphatic carbocycles. The largest absolute Gasteiger partial charge is 0.497 e. The summed E-state index contributed by atoms with van der Waals surface area (Å²) in [6.07, 6.45) is 5.03. The van der Waals surface area contributed by atoms with Crippen LogP contribution in [-0.4, -0.2) is 19.6 Å². The fourth-order valence-corrected chi connectivity index (χ4v) is 1.10. The number of amides is 1. The van der Waals surface area contributed by atoms with E-state index in [9.17, 15) is 4.79 Å². The molecule has 0 spiro atoms. The van der Waals surface area contributed by atoms with Gasteiger partial charge in [0.1, 0.15) is 5.75 Å². The molecule has 1 aromatic carbocycles. The van der Waals surface area contributed by atoms with Gasteiger partial charge in [0, 0.05) is 17.3 Å². The molecule has 3 N–H and O–H groups in total. The standard InChI is InChI=1S/C11H12N2O2/c1-3-4-13-11(14)8-5-9(12)7-10(6-8)15-2/h1,5-7H,4,12H2,2H3,(H,13,14). The maximum atomic E-state index is 11.5. The zero-order valence-corrected chi connectivity index (χ0v) is 8.41. The van der Waals surface area contributed by atoms with Gasteiger partial charge in [-0.2, -0.15) is 0 Å². The number of anilines is 1. The van der Waals surface area contributed by atoms with Crippen molar-refractivity contribution in [2.75, 3.05) is 19.4 Å². The summed E-state index contributed by atoms with van der Waals surface area (Å²) in [7, 11) is 1.51. The number of ether oxygens (including phenoxy) is 1. The van der Waals surface area contributed by atoms with E-state index in [1.54, 1.807) is 18.2 Å². The monoisotopic (exact) mass is 204 g/mol. The Morgan fingerprint density at radius 2 is 2.33 bits per heavy atom. The van der Waals surface area contributed by atoms with Gasteiger partial charge in [-0.15, -0.1) is 6.42 Å². The molecule has 1 rings (SSSR count). The zero-order valence-electron chi connectivity index (χ0n) is 8.41. The molecule has 0 saturated carbocycles. The number of nitrogens with one attached hydrogen (secondary N) is 1. The van der Waals surface area contributed by atoms with Gasteiger partial charge in [0.15, 0.2) is 0 Å². The summed E-state index contributed by atoms with van der Waals surface area (Å²) in [5.74, 6) is 2.59. The van der Waals surface area contributed by atoms with E-state index in [-0.39, 0.29) is 12.5 Å². The number of rotatable bonds is 3. The topological polar surface area (TPSA) is 64.4 Å². The van der Waals surface area contributed by atoms with E-state index >= 15 is 0 Å². The van der Waals surface area contributed by atoms with Crippen molar-refractivity contribution >= 4 is 11.6 Å². The lowest BCUT2D eigenvalue weighted by Gasteiger charge is -2.06. The molecule has 0 aromatic heterocycles. The molecule has 0 aliphatic rings. The predicted octanol–water partition coefficient (Wildman–Crippen LogP) is 0.640. The van der Waals surface area contributed by atoms with Crippen LogP contribution in [0.1, 0.15) is 10.4 Å². The van der Waals surface area contributed by atoms with E-state index in [1.165, 1.54) is 7.11 Å². The number of benzene rings is 1. The highest BCUT2D eigenvalue weighted by Gasteiger charge is 2.06. The Morgan fingerprint density at radius 3 is 2.93 bits per heavy atom. The molecule has 0 bridgehead atoms. The van der Waals surface area contributed by atoms with Crippen molar-refractivity contribution in [1.29, 1.82) is 0 Å². The SMILES string of the molecule is C#CCNC(=O)c1cc(N)cc(OC)c1. The second-order valence-corrected chi connectivity index (χ2v) is 2.88. The highest BCUT2D eigenvalue weighted by molar-refractivity contribution is 5.95. The number of hydrogen-bond donors (Lipinski definition) is 2. The molecule has 0 aliphatic heterocycles. The molecule has 1 aromatic rings. The first kappa shape index (κ1) is 10.9. The van der Waals surface area contributed by atoms with E-state index in [0.29, 0.717) is 17.0 Å². The molecule has 0 heterocycles. The van der Waals surface area contributed by atoms with Crippen LogP contribution in [0.5, 0.6) is 5.75 Å². The summed E-state index contributed by atoms with van der Waals surface area (Å²) in [5.41, 5.74) is 6.51. The first-order valence-corrected chi connectivity index (χ1v) is 4.33. The molecule has 0 saturated heterocycles. The molecule has 15 heavy (non-hydrogen) atoms. The number of terminal acetylenes is 1. The Kier molecular flexibility index (Phi) is 3.58. The Labute approximate surface area is 88.4 Å². The number of methoxy groups -OCH3 is 1. The Morgan fingerprint density at radius 1 is 1.60 bits per heavy atom. The first-order valence-electron chi connectivity index (χ1n) is 4.33. The molecule has 0 radical (unpaired) electrons. The third-order valence-corrected chi connectivity index (χ3v) is 1.78. The number of carbonyl (C=O) groups excluding carboxylic acids is 1. The van der Waals surface area contributed by atoms with Gasteiger partial charge in [-0.1, -0.05) is 5.92 Å². The van der Waals surface area contributed by atoms with Crippen molar-refractivity contribution in [3.8, 4) is 18.1 Å². The second kappa shape index (κ2) is 4.91. The maximum absolute atomic E-state index is 11.5. The molecule has 4 nitrogen and oxygen atoms in total. The number of nitrogens with two attached hydrogens (primary N) is 1. The van der Waals surface area contributed by atoms with Crippen LogP contribution in [0.25, 0.3) is 0 Å². The number of hydrogen-bond acceptors (Lipinski definition) is 3. The molecule has 4 heteroatoms. The Bertz CT molecular complexity index is 408. The summed E-state index contributed by atoms with van der Waals surface area (Å²) in [5, 5.41) is 2.54. The highest BCUT2D eigenvalue weighted by Crippen LogP contribution is 2.18. The molecule has 78 valence electrons. The lowest BCUT2D eigenvalue weighted by atomic mass is 10.2. The van der Waals surface area contributed by atoms with Gasteiger partial charge in [-0.3, -0.25) is 4.79 Å². The van der Waals surface area contributed by atoms with E-state index in [4.69, 9.17) is 16.9 Å². The van der Waals surface area contributed by atoms with Gasteiger partial charge in [0.05, 0.1) is 13.7 Å². The summed E-state index contributed by atoms with van der Waals surface area (Å²) >= 11 is 0. The summed E-state index contributed by atoms with van der Waals surface area (Å²) in [6.45, 7) is 0.190. The summed E-state index contributed by atoms with van der Waals surface area (Å²) in [6, 6.07) is 4.80. The summed E-state index contributed by atoms with van der Waals surface area (Å²) < 4.78 is 4.99. The van der Waals surface area contributed by atoms with Gasteiger partial charge in [-0.25, -0.2) is 0 Å². The highest BCUT2D eigenvalue weighted by atomic mass is 16.5. The van der Waals surface area contributed by atoms with Crippen LogP contribution in [0.2, 0.25) is 0 Å². The van der Waals surface area contributed by atoms with Gasteiger partial charge >= 0.3 is 0 Å². The van der Waals surface area contributed by atoms with Crippen LogP contribution in [0.4, 0.5) is 5.69 Å². The minimum atomic E-state index is -0.265. The zero-order chi connectivity index (χ0) is 11.3. The van der Waals surface area contributed by atoms with Crippen molar-refractivity contribution in [2.24, 2.45) is 0 Å². The third kappa shape index (κ3) is 2.92. The average Bonchev–Trinajstić information content (AvgIpc) is 2.24. The third-order valence-electron chi connectivity index (χ3n) is 1.78. The van der Waals surface area contributed by atoms with Gasteiger partial charge in [0.2, 0.25) is 0 Å². The fourth-order valence-electron chi connectivity index (χ4n) is 1.10. The quantitative estimate of drug-likeness (QED) is 0.561. The van der Waals surface area contributed by atoms with Crippen molar-refractivity contribution < 1.29 is 9.53 Å². The van der Waals surface area contributed by atoms with E-state index in [0.717, 1.165) is 0 Å². The molecule has 0 unspecified atom stereocenters. The molecular formula is C11H12N2O2. The Balaban J connectivity index is 2.89. The minimum absolute atomic E-state index is 0.190. The normalized spacial score (nSPS) is 9.07. The van der Waals surface area contributed by atoms with Crippen LogP contribution >= 0.6 is 0 Å². The van der Waals surface area contributed by atoms with Crippen LogP contribution in [0, 0.1) is 12.3 Å². The van der Waals surface area contributed by atoms with E-state index in [2.05, 4.69) is 11.2 Å². The van der Waals surface area contributed by atoms with Crippen molar-refractivity contribution in [3.05, 3.63) is 23.8 Å². The van der Waals surface area contributed by atoms with Gasteiger partial charge < -0.3 is 15.8 Å². The van der Waals surface area contributed by atoms with Crippen LogP contribution in [0.3, 0.4) is 0 Å². The van der Waals surface area contributed by atoms with Crippen LogP contribution < -0.4 is 15.8 Å². The molecule has 0 fully saturated rings. The van der Waals surface area contributed by atoms with Crippen molar-refractivity contribution in [1.82, 2.24) is 5.32 Å². The van der Waals surface area contributed by atoms with Gasteiger partial charge in [-0.05, 0) is 12.1 Å². The van der Waals surface area contributed by atoms with E-state index in [1.807, 2.05) is 0 Å². The smallest absolute Gasteiger partial charge is 0.252 e. The maximum Gasteiger partial charge on any atom is 0.252 e. The minimum Gasteiger partial charge on any atom is -0.497 e. The van der Waals surface area contributed by atoms with Crippen molar-refractivity contribution in [3.63, 3.8) is 0 Å². The number of carbonyl (C=O) groups is 1. The molecule has 1 amide bonds. The average molecular weight is 204 g/mol. The van der Waals surface area contributed by atoms with Gasteiger partial charge in [0.25, 0.3) is 5.91 Å². The first-order chi connectivity index (χ1) is 7.17. The lowest BCUT2D eigenvalue weighted by Crippen LogP contribution is -2.23. The number of nitrogen functional groups attached to an aromatic ring is 1. The van der Waals surface area contributed by atoms with Crippen LogP contribution in [0.15, 0.2) is 18.2 Å². The van der Waals surface area contributed by atoms with Crippen LogP contribution in [-0.2, 0) is 0 Å². The molecule has 0 atom stereocenters. The fraction of sp³-hybridized carbons (Fsp3) is 0.182. The summed E-state index contributed by atoms with van der Waals surface area (Å²) in [4.78, 5) is 11.5. The van der Waals surface area contributed by atoms with E-state index < -0.39 is 0 Å².